The minimum Gasteiger partial charge on any atom is -0.494 e. The number of hydrogen-bond acceptors (Lipinski definition) is 6. The zero-order chi connectivity index (χ0) is 23.5. The third-order valence-electron chi connectivity index (χ3n) is 5.06. The lowest BCUT2D eigenvalue weighted by Crippen LogP contribution is -2.29. The number of rotatable bonds is 6. The molecule has 0 unspecified atom stereocenters. The van der Waals surface area contributed by atoms with E-state index in [4.69, 9.17) is 14.7 Å². The summed E-state index contributed by atoms with van der Waals surface area (Å²) in [6.45, 7) is 1.95. The maximum absolute atomic E-state index is 13.9. The first-order chi connectivity index (χ1) is 15.9. The van der Waals surface area contributed by atoms with Crippen LogP contribution in [0.2, 0.25) is 0 Å². The van der Waals surface area contributed by atoms with E-state index in [0.29, 0.717) is 18.0 Å². The van der Waals surface area contributed by atoms with Crippen molar-refractivity contribution in [3.8, 4) is 11.8 Å². The SMILES string of the molecule is CCOc1ccc(N2C(=O)c3ccc(C(=O)OCc4cc(C#N)ccc4F)cc3C2=O)cc1. The van der Waals surface area contributed by atoms with Crippen molar-refractivity contribution in [2.75, 3.05) is 11.5 Å². The quantitative estimate of drug-likeness (QED) is 0.417. The van der Waals surface area contributed by atoms with E-state index in [1.54, 1.807) is 24.3 Å². The van der Waals surface area contributed by atoms with Crippen LogP contribution in [-0.4, -0.2) is 24.4 Å². The van der Waals surface area contributed by atoms with E-state index in [1.165, 1.54) is 30.3 Å². The molecule has 0 bridgehead atoms. The van der Waals surface area contributed by atoms with Gasteiger partial charge in [0.15, 0.2) is 0 Å². The lowest BCUT2D eigenvalue weighted by atomic mass is 10.1. The molecule has 0 atom stereocenters. The van der Waals surface area contributed by atoms with Crippen LogP contribution in [0.15, 0.2) is 60.7 Å². The Morgan fingerprint density at radius 2 is 1.73 bits per heavy atom. The number of imide groups is 1. The number of anilines is 1. The molecule has 3 aromatic rings. The van der Waals surface area contributed by atoms with E-state index < -0.39 is 23.6 Å². The molecule has 2 amide bonds. The van der Waals surface area contributed by atoms with Gasteiger partial charge in [-0.15, -0.1) is 0 Å². The summed E-state index contributed by atoms with van der Waals surface area (Å²) >= 11 is 0. The molecule has 4 rings (SSSR count). The third kappa shape index (κ3) is 4.16. The molecule has 0 saturated carbocycles. The van der Waals surface area contributed by atoms with Crippen molar-refractivity contribution in [2.45, 2.75) is 13.5 Å². The van der Waals surface area contributed by atoms with Crippen LogP contribution in [0.1, 0.15) is 49.1 Å². The molecule has 8 heteroatoms. The van der Waals surface area contributed by atoms with Crippen molar-refractivity contribution in [2.24, 2.45) is 0 Å². The van der Waals surface area contributed by atoms with Crippen LogP contribution in [0, 0.1) is 17.1 Å². The number of nitriles is 1. The normalized spacial score (nSPS) is 12.3. The van der Waals surface area contributed by atoms with Crippen molar-refractivity contribution < 1.29 is 28.2 Å². The van der Waals surface area contributed by atoms with Gasteiger partial charge in [0.1, 0.15) is 18.2 Å². The summed E-state index contributed by atoms with van der Waals surface area (Å²) in [6, 6.07) is 16.2. The maximum atomic E-state index is 13.9. The van der Waals surface area contributed by atoms with Gasteiger partial charge in [0.25, 0.3) is 11.8 Å². The highest BCUT2D eigenvalue weighted by molar-refractivity contribution is 6.34. The number of nitrogens with zero attached hydrogens (tertiary/aromatic N) is 2. The zero-order valence-corrected chi connectivity index (χ0v) is 17.5. The second-order valence-corrected chi connectivity index (χ2v) is 7.13. The van der Waals surface area contributed by atoms with Gasteiger partial charge in [0.05, 0.1) is 40.6 Å². The van der Waals surface area contributed by atoms with Crippen molar-refractivity contribution in [3.05, 3.63) is 94.3 Å². The van der Waals surface area contributed by atoms with Gasteiger partial charge >= 0.3 is 5.97 Å². The molecule has 0 radical (unpaired) electrons. The maximum Gasteiger partial charge on any atom is 0.338 e. The Kier molecular flexibility index (Phi) is 5.87. The first-order valence-corrected chi connectivity index (χ1v) is 10.0. The highest BCUT2D eigenvalue weighted by Gasteiger charge is 2.37. The van der Waals surface area contributed by atoms with E-state index in [0.717, 1.165) is 11.0 Å². The number of fused-ring (bicyclic) bond motifs is 1. The van der Waals surface area contributed by atoms with E-state index in [2.05, 4.69) is 0 Å². The molecule has 0 saturated heterocycles. The number of amides is 2. The molecule has 0 spiro atoms. The average molecular weight is 444 g/mol. The van der Waals surface area contributed by atoms with Crippen LogP contribution in [-0.2, 0) is 11.3 Å². The molecule has 1 aliphatic heterocycles. The molecular formula is C25H17FN2O5. The molecule has 0 aromatic heterocycles. The minimum atomic E-state index is -0.792. The van der Waals surface area contributed by atoms with Crippen molar-refractivity contribution in [1.29, 1.82) is 5.26 Å². The van der Waals surface area contributed by atoms with Gasteiger partial charge in [0, 0.05) is 5.56 Å². The molecule has 0 N–H and O–H groups in total. The number of benzene rings is 3. The second kappa shape index (κ2) is 8.93. The Hall–Kier alpha value is -4.51. The van der Waals surface area contributed by atoms with Gasteiger partial charge in [-0.2, -0.15) is 5.26 Å². The van der Waals surface area contributed by atoms with Gasteiger partial charge in [-0.1, -0.05) is 0 Å². The fourth-order valence-electron chi connectivity index (χ4n) is 3.44. The molecule has 0 fully saturated rings. The molecule has 33 heavy (non-hydrogen) atoms. The highest BCUT2D eigenvalue weighted by Crippen LogP contribution is 2.30. The van der Waals surface area contributed by atoms with E-state index in [1.807, 2.05) is 13.0 Å². The number of ether oxygens (including phenoxy) is 2. The first-order valence-electron chi connectivity index (χ1n) is 10.0. The standard InChI is InChI=1S/C25H17FN2O5/c1-2-32-19-7-5-18(6-8-19)28-23(29)20-9-4-16(12-21(20)24(28)30)25(31)33-14-17-11-15(13-27)3-10-22(17)26/h3-12H,2,14H2,1H3. The van der Waals surface area contributed by atoms with E-state index >= 15 is 0 Å². The predicted molar refractivity (Wildman–Crippen MR) is 115 cm³/mol. The van der Waals surface area contributed by atoms with Crippen LogP contribution < -0.4 is 9.64 Å². The smallest absolute Gasteiger partial charge is 0.338 e. The summed E-state index contributed by atoms with van der Waals surface area (Å²) in [4.78, 5) is 39.2. The van der Waals surface area contributed by atoms with Crippen LogP contribution in [0.5, 0.6) is 5.75 Å². The largest absolute Gasteiger partial charge is 0.494 e. The Morgan fingerprint density at radius 1 is 1.00 bits per heavy atom. The molecule has 7 nitrogen and oxygen atoms in total. The molecule has 0 aliphatic carbocycles. The van der Waals surface area contributed by atoms with Gasteiger partial charge in [-0.3, -0.25) is 9.59 Å². The molecule has 1 heterocycles. The van der Waals surface area contributed by atoms with Crippen LogP contribution in [0.4, 0.5) is 10.1 Å². The van der Waals surface area contributed by atoms with Gasteiger partial charge < -0.3 is 9.47 Å². The first kappa shape index (κ1) is 21.7. The molecular weight excluding hydrogens is 427 g/mol. The summed E-state index contributed by atoms with van der Waals surface area (Å²) in [5.74, 6) is -1.86. The van der Waals surface area contributed by atoms with Crippen LogP contribution in [0.3, 0.4) is 0 Å². The van der Waals surface area contributed by atoms with Gasteiger partial charge in [0.2, 0.25) is 0 Å². The Morgan fingerprint density at radius 3 is 2.42 bits per heavy atom. The zero-order valence-electron chi connectivity index (χ0n) is 17.5. The third-order valence-corrected chi connectivity index (χ3v) is 5.06. The highest BCUT2D eigenvalue weighted by atomic mass is 19.1. The fourth-order valence-corrected chi connectivity index (χ4v) is 3.44. The van der Waals surface area contributed by atoms with Gasteiger partial charge in [-0.05, 0) is 67.6 Å². The molecule has 3 aromatic carbocycles. The number of carbonyl (C=O) groups is 3. The number of hydrogen-bond donors (Lipinski definition) is 0. The lowest BCUT2D eigenvalue weighted by Gasteiger charge is -2.14. The Bertz CT molecular complexity index is 1310. The topological polar surface area (TPSA) is 96.7 Å². The van der Waals surface area contributed by atoms with E-state index in [9.17, 15) is 18.8 Å². The average Bonchev–Trinajstić information content (AvgIpc) is 3.08. The Balaban J connectivity index is 1.53. The summed E-state index contributed by atoms with van der Waals surface area (Å²) < 4.78 is 24.4. The van der Waals surface area contributed by atoms with E-state index in [-0.39, 0.29) is 34.4 Å². The number of halogens is 1. The Labute approximate surface area is 188 Å². The van der Waals surface area contributed by atoms with Crippen LogP contribution in [0.25, 0.3) is 0 Å². The fraction of sp³-hybridized carbons (Fsp3) is 0.120. The van der Waals surface area contributed by atoms with Crippen molar-refractivity contribution in [1.82, 2.24) is 0 Å². The monoisotopic (exact) mass is 444 g/mol. The summed E-state index contributed by atoms with van der Waals surface area (Å²) in [6.07, 6.45) is 0. The summed E-state index contributed by atoms with van der Waals surface area (Å²) in [5.41, 5.74) is 0.941. The molecule has 1 aliphatic rings. The summed E-state index contributed by atoms with van der Waals surface area (Å²) in [7, 11) is 0. The lowest BCUT2D eigenvalue weighted by molar-refractivity contribution is 0.0468. The second-order valence-electron chi connectivity index (χ2n) is 7.13. The van der Waals surface area contributed by atoms with Gasteiger partial charge in [-0.25, -0.2) is 14.1 Å². The number of carbonyl (C=O) groups excluding carboxylic acids is 3. The van der Waals surface area contributed by atoms with Crippen molar-refractivity contribution >= 4 is 23.5 Å². The van der Waals surface area contributed by atoms with Crippen molar-refractivity contribution in [3.63, 3.8) is 0 Å². The molecule has 164 valence electrons. The summed E-state index contributed by atoms with van der Waals surface area (Å²) in [5, 5.41) is 8.94. The number of esters is 1. The minimum absolute atomic E-state index is 0.0419. The van der Waals surface area contributed by atoms with Crippen LogP contribution >= 0.6 is 0 Å². The predicted octanol–water partition coefficient (Wildman–Crippen LogP) is 4.25.